The number of allylic oxidation sites excluding steroid dienone is 1. The van der Waals surface area contributed by atoms with Gasteiger partial charge in [-0.15, -0.1) is 0 Å². The smallest absolute Gasteiger partial charge is 0.312 e. The van der Waals surface area contributed by atoms with E-state index in [-0.39, 0.29) is 45.6 Å². The minimum atomic E-state index is -1.31. The molecule has 6 aliphatic rings. The van der Waals surface area contributed by atoms with Crippen LogP contribution < -0.4 is 0 Å². The van der Waals surface area contributed by atoms with E-state index in [0.29, 0.717) is 11.8 Å². The Morgan fingerprint density at radius 3 is 2.22 bits per heavy atom. The first kappa shape index (κ1) is 33.9. The highest BCUT2D eigenvalue weighted by Crippen LogP contribution is 2.76. The molecule has 0 aromatic heterocycles. The Balaban J connectivity index is 1.33. The summed E-state index contributed by atoms with van der Waals surface area (Å²) in [5.41, 5.74) is -0.663. The predicted molar refractivity (Wildman–Crippen MR) is 170 cm³/mol. The molecule has 4 N–H and O–H groups in total. The van der Waals surface area contributed by atoms with Crippen molar-refractivity contribution in [3.8, 4) is 0 Å². The highest BCUT2D eigenvalue weighted by molar-refractivity contribution is 5.79. The van der Waals surface area contributed by atoms with Crippen molar-refractivity contribution >= 4 is 5.97 Å². The molecule has 6 rings (SSSR count). The van der Waals surface area contributed by atoms with Crippen LogP contribution in [0.1, 0.15) is 113 Å². The Bertz CT molecular complexity index is 1210. The molecular weight excluding hydrogens is 572 g/mol. The van der Waals surface area contributed by atoms with E-state index in [2.05, 4.69) is 47.6 Å². The fourth-order valence-electron chi connectivity index (χ4n) is 12.5. The molecule has 0 aromatic rings. The largest absolute Gasteiger partial charge is 0.469 e. The molecule has 1 aliphatic heterocycles. The standard InChI is InChI=1S/C37H60O8/c1-20-12-17-37(31(41)43-9)19-18-34(6)22(29(37)36(20,8)42)10-11-24-33(5)15-14-25(32(3,4)23(33)13-16-35(24,34)7)45-30-28(40)27(39)26(38)21(2)44-30/h10,20-21,23-30,38-40,42H,11-19H2,1-9H3/t20-,21-,23+,24-,25+,26-,27+,28+,29-,30+,33+,34-,35-,36-,37+/m1/s1. The van der Waals surface area contributed by atoms with E-state index in [1.54, 1.807) is 6.92 Å². The zero-order valence-corrected chi connectivity index (χ0v) is 29.1. The average Bonchev–Trinajstić information content (AvgIpc) is 2.97. The molecule has 8 heteroatoms. The molecule has 0 aromatic carbocycles. The molecule has 1 saturated heterocycles. The van der Waals surface area contributed by atoms with Crippen molar-refractivity contribution in [2.45, 2.75) is 156 Å². The maximum Gasteiger partial charge on any atom is 0.312 e. The molecule has 0 amide bonds. The molecule has 8 nitrogen and oxygen atoms in total. The molecule has 0 radical (unpaired) electrons. The normalized spacial score (nSPS) is 55.7. The Morgan fingerprint density at radius 1 is 0.867 bits per heavy atom. The van der Waals surface area contributed by atoms with E-state index in [9.17, 15) is 25.2 Å². The third-order valence-electron chi connectivity index (χ3n) is 15.7. The predicted octanol–water partition coefficient (Wildman–Crippen LogP) is 5.14. The van der Waals surface area contributed by atoms with Crippen molar-refractivity contribution in [1.82, 2.24) is 0 Å². The monoisotopic (exact) mass is 632 g/mol. The van der Waals surface area contributed by atoms with E-state index in [1.807, 2.05) is 6.92 Å². The van der Waals surface area contributed by atoms with Crippen LogP contribution in [0.5, 0.6) is 0 Å². The minimum absolute atomic E-state index is 0.00348. The van der Waals surface area contributed by atoms with Gasteiger partial charge in [0.15, 0.2) is 6.29 Å². The molecule has 45 heavy (non-hydrogen) atoms. The van der Waals surface area contributed by atoms with E-state index >= 15 is 0 Å². The second-order valence-electron chi connectivity index (χ2n) is 17.7. The van der Waals surface area contributed by atoms with E-state index in [1.165, 1.54) is 12.7 Å². The second-order valence-corrected chi connectivity index (χ2v) is 17.7. The zero-order valence-electron chi connectivity index (χ0n) is 29.1. The summed E-state index contributed by atoms with van der Waals surface area (Å²) in [4.78, 5) is 13.6. The van der Waals surface area contributed by atoms with Gasteiger partial charge in [0.25, 0.3) is 0 Å². The van der Waals surface area contributed by atoms with Gasteiger partial charge in [-0.05, 0) is 111 Å². The van der Waals surface area contributed by atoms with E-state index in [4.69, 9.17) is 14.2 Å². The minimum Gasteiger partial charge on any atom is -0.469 e. The highest BCUT2D eigenvalue weighted by atomic mass is 16.7. The van der Waals surface area contributed by atoms with Crippen LogP contribution in [0.2, 0.25) is 0 Å². The summed E-state index contributed by atoms with van der Waals surface area (Å²) in [6.45, 7) is 17.8. The lowest BCUT2D eigenvalue weighted by atomic mass is 9.33. The van der Waals surface area contributed by atoms with Crippen LogP contribution in [0, 0.1) is 50.7 Å². The number of fused-ring (bicyclic) bond motifs is 7. The molecule has 5 fully saturated rings. The van der Waals surface area contributed by atoms with Crippen molar-refractivity contribution in [1.29, 1.82) is 0 Å². The number of carbonyl (C=O) groups is 1. The van der Waals surface area contributed by atoms with Gasteiger partial charge < -0.3 is 34.6 Å². The summed E-state index contributed by atoms with van der Waals surface area (Å²) >= 11 is 0. The van der Waals surface area contributed by atoms with Gasteiger partial charge in [-0.1, -0.05) is 53.2 Å². The van der Waals surface area contributed by atoms with E-state index < -0.39 is 41.7 Å². The van der Waals surface area contributed by atoms with Crippen LogP contribution in [-0.2, 0) is 19.0 Å². The number of esters is 1. The van der Waals surface area contributed by atoms with Crippen LogP contribution in [0.4, 0.5) is 0 Å². The van der Waals surface area contributed by atoms with Crippen molar-refractivity contribution < 1.29 is 39.4 Å². The van der Waals surface area contributed by atoms with Gasteiger partial charge >= 0.3 is 5.97 Å². The van der Waals surface area contributed by atoms with Gasteiger partial charge in [0.05, 0.1) is 30.3 Å². The maximum atomic E-state index is 13.6. The number of aliphatic hydroxyl groups excluding tert-OH is 3. The van der Waals surface area contributed by atoms with Gasteiger partial charge in [0.2, 0.25) is 0 Å². The molecule has 15 atom stereocenters. The number of hydrogen-bond acceptors (Lipinski definition) is 8. The Hall–Kier alpha value is -1.03. The van der Waals surface area contributed by atoms with Crippen molar-refractivity contribution in [3.63, 3.8) is 0 Å². The van der Waals surface area contributed by atoms with Gasteiger partial charge in [-0.25, -0.2) is 0 Å². The lowest BCUT2D eigenvalue weighted by Gasteiger charge is -2.72. The zero-order chi connectivity index (χ0) is 33.1. The van der Waals surface area contributed by atoms with Crippen LogP contribution in [0.25, 0.3) is 0 Å². The van der Waals surface area contributed by atoms with Gasteiger partial charge in [0.1, 0.15) is 18.3 Å². The number of aliphatic hydroxyl groups is 4. The fourth-order valence-corrected chi connectivity index (χ4v) is 12.5. The van der Waals surface area contributed by atoms with Crippen LogP contribution in [-0.4, -0.2) is 75.9 Å². The summed E-state index contributed by atoms with van der Waals surface area (Å²) in [6.07, 6.45) is 4.99. The number of methoxy groups -OCH3 is 1. The first-order valence-electron chi connectivity index (χ1n) is 17.7. The number of carbonyl (C=O) groups excluding carboxylic acids is 1. The molecule has 0 spiro atoms. The average molecular weight is 633 g/mol. The van der Waals surface area contributed by atoms with Crippen molar-refractivity contribution in [2.24, 2.45) is 50.7 Å². The third-order valence-corrected chi connectivity index (χ3v) is 15.7. The molecule has 0 unspecified atom stereocenters. The number of hydrogen-bond donors (Lipinski definition) is 4. The molecule has 256 valence electrons. The van der Waals surface area contributed by atoms with Crippen molar-refractivity contribution in [3.05, 3.63) is 11.6 Å². The van der Waals surface area contributed by atoms with Crippen LogP contribution in [0.3, 0.4) is 0 Å². The second kappa shape index (κ2) is 10.7. The van der Waals surface area contributed by atoms with Crippen LogP contribution in [0.15, 0.2) is 11.6 Å². The summed E-state index contributed by atoms with van der Waals surface area (Å²) in [5, 5.41) is 43.5. The van der Waals surface area contributed by atoms with E-state index in [0.717, 1.165) is 57.8 Å². The number of ether oxygens (including phenoxy) is 3. The highest BCUT2D eigenvalue weighted by Gasteiger charge is 2.71. The lowest BCUT2D eigenvalue weighted by molar-refractivity contribution is -0.324. The SMILES string of the molecule is COC(=O)[C@]12CC[C@@H](C)[C@@](C)(O)[C@H]1C1=CC[C@@H]3[C@@]4(C)CC[C@H](O[C@@H]5O[C@H](C)[C@@H](O)[C@H](O)[C@@H]5O)C(C)(C)[C@@H]4CC[C@@]3(C)[C@]1(C)CC2. The number of rotatable bonds is 3. The van der Waals surface area contributed by atoms with Crippen LogP contribution >= 0.6 is 0 Å². The third kappa shape index (κ3) is 4.40. The molecule has 0 bridgehead atoms. The summed E-state index contributed by atoms with van der Waals surface area (Å²) in [7, 11) is 1.50. The van der Waals surface area contributed by atoms with Gasteiger partial charge in [0, 0.05) is 5.92 Å². The van der Waals surface area contributed by atoms with Gasteiger partial charge in [-0.3, -0.25) is 4.79 Å². The molecule has 4 saturated carbocycles. The van der Waals surface area contributed by atoms with Gasteiger partial charge in [-0.2, -0.15) is 0 Å². The Kier molecular flexibility index (Phi) is 8.08. The quantitative estimate of drug-likeness (QED) is 0.191. The lowest BCUT2D eigenvalue weighted by Crippen LogP contribution is -2.68. The first-order chi connectivity index (χ1) is 20.8. The fraction of sp³-hybridized carbons (Fsp3) is 0.919. The Morgan fingerprint density at radius 2 is 1.56 bits per heavy atom. The summed E-state index contributed by atoms with van der Waals surface area (Å²) < 4.78 is 17.9. The summed E-state index contributed by atoms with van der Waals surface area (Å²) in [6, 6.07) is 0. The first-order valence-corrected chi connectivity index (χ1v) is 17.7. The van der Waals surface area contributed by atoms with Crippen molar-refractivity contribution in [2.75, 3.05) is 7.11 Å². The Labute approximate surface area is 270 Å². The molecular formula is C37H60O8. The summed E-state index contributed by atoms with van der Waals surface area (Å²) in [5.74, 6) is 0.501. The topological polar surface area (TPSA) is 126 Å². The molecule has 1 heterocycles. The molecule has 5 aliphatic carbocycles. The maximum absolute atomic E-state index is 13.6.